The van der Waals surface area contributed by atoms with Gasteiger partial charge in [0.2, 0.25) is 0 Å². The van der Waals surface area contributed by atoms with Gasteiger partial charge in [-0.3, -0.25) is 9.59 Å². The molecule has 0 radical (unpaired) electrons. The molecule has 0 spiro atoms. The minimum Gasteiger partial charge on any atom is -0.343 e. The average molecular weight is 388 g/mol. The summed E-state index contributed by atoms with van der Waals surface area (Å²) >= 11 is 0. The maximum atomic E-state index is 13.0. The van der Waals surface area contributed by atoms with Crippen molar-refractivity contribution in [3.05, 3.63) is 83.4 Å². The number of aromatic nitrogens is 2. The lowest BCUT2D eigenvalue weighted by molar-refractivity contribution is 0.0923. The Hall–Kier alpha value is -3.41. The van der Waals surface area contributed by atoms with E-state index in [1.165, 1.54) is 0 Å². The summed E-state index contributed by atoms with van der Waals surface area (Å²) in [7, 11) is 0. The molecule has 1 unspecified atom stereocenters. The molecule has 3 aromatic rings. The number of fused-ring (bicyclic) bond motifs is 1. The molecule has 0 bridgehead atoms. The van der Waals surface area contributed by atoms with Crippen LogP contribution in [0.4, 0.5) is 5.69 Å². The first-order valence-electron chi connectivity index (χ1n) is 9.95. The Morgan fingerprint density at radius 3 is 2.38 bits per heavy atom. The van der Waals surface area contributed by atoms with Crippen LogP contribution in [-0.2, 0) is 13.0 Å². The summed E-state index contributed by atoms with van der Waals surface area (Å²) < 4.78 is 1.90. The van der Waals surface area contributed by atoms with E-state index in [9.17, 15) is 9.59 Å². The highest BCUT2D eigenvalue weighted by Gasteiger charge is 2.28. The van der Waals surface area contributed by atoms with Crippen LogP contribution in [0.25, 0.3) is 0 Å². The van der Waals surface area contributed by atoms with Crippen LogP contribution in [0.15, 0.2) is 60.7 Å². The smallest absolute Gasteiger partial charge is 0.287 e. The molecular formula is C23H24N4O2. The fraction of sp³-hybridized carbons (Fsp3) is 0.261. The second-order valence-corrected chi connectivity index (χ2v) is 7.27. The molecule has 6 heteroatoms. The molecule has 0 saturated carbocycles. The van der Waals surface area contributed by atoms with Gasteiger partial charge in [-0.2, -0.15) is 0 Å². The number of carbonyl (C=O) groups excluding carboxylic acids is 2. The van der Waals surface area contributed by atoms with Gasteiger partial charge in [0.1, 0.15) is 0 Å². The van der Waals surface area contributed by atoms with Crippen molar-refractivity contribution < 1.29 is 9.59 Å². The zero-order chi connectivity index (χ0) is 20.2. The zero-order valence-corrected chi connectivity index (χ0v) is 16.4. The fourth-order valence-electron chi connectivity index (χ4n) is 3.70. The molecule has 29 heavy (non-hydrogen) atoms. The third kappa shape index (κ3) is 4.06. The highest BCUT2D eigenvalue weighted by atomic mass is 16.2. The minimum absolute atomic E-state index is 0.151. The normalized spacial score (nSPS) is 14.0. The Morgan fingerprint density at radius 1 is 0.966 bits per heavy atom. The number of anilines is 1. The van der Waals surface area contributed by atoms with Crippen LogP contribution in [0.3, 0.4) is 0 Å². The third-order valence-corrected chi connectivity index (χ3v) is 5.21. The van der Waals surface area contributed by atoms with Gasteiger partial charge in [-0.15, -0.1) is 0 Å². The number of carbonyl (C=O) groups is 2. The van der Waals surface area contributed by atoms with E-state index in [2.05, 4.69) is 15.6 Å². The van der Waals surface area contributed by atoms with Crippen LogP contribution in [0.2, 0.25) is 0 Å². The number of hydrogen-bond acceptors (Lipinski definition) is 3. The largest absolute Gasteiger partial charge is 0.343 e. The lowest BCUT2D eigenvalue weighted by Gasteiger charge is -2.18. The van der Waals surface area contributed by atoms with E-state index in [1.807, 2.05) is 72.2 Å². The molecule has 1 aliphatic heterocycles. The lowest BCUT2D eigenvalue weighted by atomic mass is 10.1. The molecule has 148 valence electrons. The molecule has 4 rings (SSSR count). The first kappa shape index (κ1) is 18.9. The second-order valence-electron chi connectivity index (χ2n) is 7.27. The molecule has 1 aromatic heterocycles. The van der Waals surface area contributed by atoms with Gasteiger partial charge >= 0.3 is 0 Å². The molecular weight excluding hydrogens is 364 g/mol. The highest BCUT2D eigenvalue weighted by Crippen LogP contribution is 2.23. The van der Waals surface area contributed by atoms with Crippen molar-refractivity contribution in [1.29, 1.82) is 0 Å². The lowest BCUT2D eigenvalue weighted by Crippen LogP contribution is -2.30. The van der Waals surface area contributed by atoms with E-state index in [4.69, 9.17) is 0 Å². The SMILES string of the molecule is CC(NC(=O)c1nc(C(=O)Nc2ccccc2)c2n1CCCC2)c1ccccc1. The van der Waals surface area contributed by atoms with Gasteiger partial charge in [0.05, 0.1) is 11.7 Å². The number of rotatable bonds is 5. The van der Waals surface area contributed by atoms with Crippen molar-refractivity contribution in [2.24, 2.45) is 0 Å². The maximum absolute atomic E-state index is 13.0. The number of nitrogens with zero attached hydrogens (tertiary/aromatic N) is 2. The van der Waals surface area contributed by atoms with Crippen LogP contribution in [-0.4, -0.2) is 21.4 Å². The molecule has 0 fully saturated rings. The van der Waals surface area contributed by atoms with Gasteiger partial charge in [-0.05, 0) is 43.9 Å². The summed E-state index contributed by atoms with van der Waals surface area (Å²) in [6.07, 6.45) is 2.70. The van der Waals surface area contributed by atoms with Crippen LogP contribution in [0.5, 0.6) is 0 Å². The Labute approximate surface area is 170 Å². The van der Waals surface area contributed by atoms with Crippen molar-refractivity contribution in [3.63, 3.8) is 0 Å². The predicted molar refractivity (Wildman–Crippen MR) is 112 cm³/mol. The second kappa shape index (κ2) is 8.31. The van der Waals surface area contributed by atoms with Crippen molar-refractivity contribution in [2.45, 2.75) is 38.8 Å². The Bertz CT molecular complexity index is 1010. The van der Waals surface area contributed by atoms with Crippen LogP contribution >= 0.6 is 0 Å². The molecule has 0 aliphatic carbocycles. The monoisotopic (exact) mass is 388 g/mol. The van der Waals surface area contributed by atoms with Crippen LogP contribution < -0.4 is 10.6 Å². The van der Waals surface area contributed by atoms with Gasteiger partial charge in [-0.1, -0.05) is 48.5 Å². The first-order valence-corrected chi connectivity index (χ1v) is 9.95. The molecule has 2 amide bonds. The summed E-state index contributed by atoms with van der Waals surface area (Å²) in [5, 5.41) is 5.89. The van der Waals surface area contributed by atoms with Crippen molar-refractivity contribution >= 4 is 17.5 Å². The van der Waals surface area contributed by atoms with Crippen LogP contribution in [0.1, 0.15) is 58.2 Å². The summed E-state index contributed by atoms with van der Waals surface area (Å²) in [5.41, 5.74) is 2.90. The summed E-state index contributed by atoms with van der Waals surface area (Å²) in [5.74, 6) is -0.235. The number of para-hydroxylation sites is 1. The fourth-order valence-corrected chi connectivity index (χ4v) is 3.70. The molecule has 2 N–H and O–H groups in total. The van der Waals surface area contributed by atoms with Crippen LogP contribution in [0, 0.1) is 0 Å². The molecule has 2 aromatic carbocycles. The number of amides is 2. The Morgan fingerprint density at radius 2 is 1.66 bits per heavy atom. The third-order valence-electron chi connectivity index (χ3n) is 5.21. The van der Waals surface area contributed by atoms with E-state index in [0.29, 0.717) is 23.8 Å². The van der Waals surface area contributed by atoms with Gasteiger partial charge in [0.25, 0.3) is 11.8 Å². The quantitative estimate of drug-likeness (QED) is 0.695. The summed E-state index contributed by atoms with van der Waals surface area (Å²) in [4.78, 5) is 30.3. The topological polar surface area (TPSA) is 76.0 Å². The number of benzene rings is 2. The van der Waals surface area contributed by atoms with Crippen molar-refractivity contribution in [3.8, 4) is 0 Å². The van der Waals surface area contributed by atoms with Gasteiger partial charge < -0.3 is 15.2 Å². The predicted octanol–water partition coefficient (Wildman–Crippen LogP) is 3.96. The summed E-state index contributed by atoms with van der Waals surface area (Å²) in [6.45, 7) is 2.64. The van der Waals surface area contributed by atoms with Crippen molar-refractivity contribution in [1.82, 2.24) is 14.9 Å². The van der Waals surface area contributed by atoms with Gasteiger partial charge in [-0.25, -0.2) is 4.98 Å². The first-order chi connectivity index (χ1) is 14.1. The van der Waals surface area contributed by atoms with E-state index in [0.717, 1.165) is 30.5 Å². The Kier molecular flexibility index (Phi) is 5.42. The molecule has 6 nitrogen and oxygen atoms in total. The molecule has 1 aliphatic rings. The number of nitrogens with one attached hydrogen (secondary N) is 2. The number of imidazole rings is 1. The van der Waals surface area contributed by atoms with Gasteiger partial charge in [0.15, 0.2) is 11.5 Å². The van der Waals surface area contributed by atoms with Gasteiger partial charge in [0, 0.05) is 12.2 Å². The van der Waals surface area contributed by atoms with Crippen molar-refractivity contribution in [2.75, 3.05) is 5.32 Å². The van der Waals surface area contributed by atoms with E-state index >= 15 is 0 Å². The Balaban J connectivity index is 1.59. The van der Waals surface area contributed by atoms with E-state index in [1.54, 1.807) is 0 Å². The average Bonchev–Trinajstić information content (AvgIpc) is 3.15. The highest BCUT2D eigenvalue weighted by molar-refractivity contribution is 6.05. The minimum atomic E-state index is -0.281. The molecule has 2 heterocycles. The summed E-state index contributed by atoms with van der Waals surface area (Å²) in [6, 6.07) is 18.9. The molecule has 0 saturated heterocycles. The molecule has 1 atom stereocenters. The standard InChI is InChI=1S/C23H24N4O2/c1-16(17-10-4-2-5-11-17)24-23(29)21-26-20(19-14-8-9-15-27(19)21)22(28)25-18-12-6-3-7-13-18/h2-7,10-13,16H,8-9,14-15H2,1H3,(H,24,29)(H,25,28). The zero-order valence-electron chi connectivity index (χ0n) is 16.4. The van der Waals surface area contributed by atoms with E-state index in [-0.39, 0.29) is 17.9 Å². The van der Waals surface area contributed by atoms with E-state index < -0.39 is 0 Å². The maximum Gasteiger partial charge on any atom is 0.287 e. The number of hydrogen-bond donors (Lipinski definition) is 2.